The highest BCUT2D eigenvalue weighted by atomic mass is 16.1. The van der Waals surface area contributed by atoms with Gasteiger partial charge in [-0.3, -0.25) is 9.59 Å². The minimum absolute atomic E-state index is 0.0310. The molecule has 1 aromatic rings. The number of hydrogen-bond donors (Lipinski definition) is 0. The molecule has 0 amide bonds. The van der Waals surface area contributed by atoms with E-state index in [1.807, 2.05) is 24.3 Å². The van der Waals surface area contributed by atoms with Crippen LogP contribution in [0.15, 0.2) is 24.3 Å². The van der Waals surface area contributed by atoms with Crippen molar-refractivity contribution < 1.29 is 9.59 Å². The van der Waals surface area contributed by atoms with Gasteiger partial charge in [0.25, 0.3) is 0 Å². The summed E-state index contributed by atoms with van der Waals surface area (Å²) in [4.78, 5) is 22.1. The summed E-state index contributed by atoms with van der Waals surface area (Å²) in [5, 5.41) is 0. The minimum atomic E-state index is -0.0310. The lowest BCUT2D eigenvalue weighted by Crippen LogP contribution is -2.29. The quantitative estimate of drug-likeness (QED) is 0.712. The maximum atomic E-state index is 11.5. The predicted octanol–water partition coefficient (Wildman–Crippen LogP) is 2.90. The van der Waals surface area contributed by atoms with Gasteiger partial charge in [0.05, 0.1) is 0 Å². The van der Waals surface area contributed by atoms with E-state index in [0.29, 0.717) is 17.8 Å². The van der Waals surface area contributed by atoms with Gasteiger partial charge in [-0.1, -0.05) is 31.2 Å². The molecule has 0 N–H and O–H groups in total. The minimum Gasteiger partial charge on any atom is -0.300 e. The van der Waals surface area contributed by atoms with Gasteiger partial charge < -0.3 is 0 Å². The van der Waals surface area contributed by atoms with E-state index < -0.39 is 0 Å². The molecule has 1 atom stereocenters. The molecule has 0 bridgehead atoms. The number of aldehydes is 1. The van der Waals surface area contributed by atoms with Gasteiger partial charge in [0.15, 0.2) is 0 Å². The third-order valence-corrected chi connectivity index (χ3v) is 3.52. The lowest BCUT2D eigenvalue weighted by molar-refractivity contribution is -0.121. The Morgan fingerprint density at radius 1 is 1.25 bits per heavy atom. The molecule has 1 fully saturated rings. The normalized spacial score (nSPS) is 25.4. The van der Waals surface area contributed by atoms with Crippen LogP contribution in [-0.2, 0) is 10.2 Å². The molecule has 1 aliphatic rings. The van der Waals surface area contributed by atoms with Crippen molar-refractivity contribution in [1.82, 2.24) is 0 Å². The summed E-state index contributed by atoms with van der Waals surface area (Å²) >= 11 is 0. The van der Waals surface area contributed by atoms with E-state index in [-0.39, 0.29) is 5.41 Å². The molecule has 0 heterocycles. The van der Waals surface area contributed by atoms with Crippen molar-refractivity contribution in [3.8, 4) is 0 Å². The predicted molar refractivity (Wildman–Crippen MR) is 62.7 cm³/mol. The van der Waals surface area contributed by atoms with Crippen LogP contribution in [0.5, 0.6) is 0 Å². The zero-order chi connectivity index (χ0) is 11.6. The number of benzene rings is 1. The molecular weight excluding hydrogens is 200 g/mol. The second-order valence-electron chi connectivity index (χ2n) is 4.87. The van der Waals surface area contributed by atoms with Crippen LogP contribution in [0.4, 0.5) is 0 Å². The average Bonchev–Trinajstić information content (AvgIpc) is 2.29. The van der Waals surface area contributed by atoms with Crippen LogP contribution in [0.1, 0.15) is 48.5 Å². The Balaban J connectivity index is 2.27. The second kappa shape index (κ2) is 4.20. The average molecular weight is 216 g/mol. The molecule has 0 aromatic heterocycles. The molecule has 0 spiro atoms. The first-order valence-electron chi connectivity index (χ1n) is 5.71. The van der Waals surface area contributed by atoms with Crippen LogP contribution in [-0.4, -0.2) is 12.1 Å². The molecule has 2 rings (SSSR count). The van der Waals surface area contributed by atoms with Gasteiger partial charge in [0, 0.05) is 18.4 Å². The number of carbonyl (C=O) groups is 2. The fourth-order valence-corrected chi connectivity index (χ4v) is 2.50. The van der Waals surface area contributed by atoms with Crippen LogP contribution >= 0.6 is 0 Å². The van der Waals surface area contributed by atoms with E-state index in [9.17, 15) is 9.59 Å². The molecule has 0 saturated heterocycles. The Labute approximate surface area is 95.7 Å². The molecule has 0 radical (unpaired) electrons. The highest BCUT2D eigenvalue weighted by Gasteiger charge is 2.32. The van der Waals surface area contributed by atoms with Crippen molar-refractivity contribution in [2.75, 3.05) is 0 Å². The largest absolute Gasteiger partial charge is 0.300 e. The van der Waals surface area contributed by atoms with E-state index in [0.717, 1.165) is 25.5 Å². The standard InChI is InChI=1S/C14H16O2/c1-14(8-2-3-13(16)9-14)12-6-4-11(10-15)5-7-12/h4-7,10H,2-3,8-9H2,1H3. The summed E-state index contributed by atoms with van der Waals surface area (Å²) in [5.41, 5.74) is 1.83. The van der Waals surface area contributed by atoms with Crippen molar-refractivity contribution in [3.63, 3.8) is 0 Å². The zero-order valence-electron chi connectivity index (χ0n) is 9.53. The lowest BCUT2D eigenvalue weighted by Gasteiger charge is -2.33. The van der Waals surface area contributed by atoms with E-state index >= 15 is 0 Å². The fraction of sp³-hybridized carbons (Fsp3) is 0.429. The Bertz CT molecular complexity index is 405. The lowest BCUT2D eigenvalue weighted by atomic mass is 9.70. The molecule has 0 aliphatic heterocycles. The first kappa shape index (κ1) is 11.1. The second-order valence-corrected chi connectivity index (χ2v) is 4.87. The van der Waals surface area contributed by atoms with Crippen molar-refractivity contribution in [1.29, 1.82) is 0 Å². The number of rotatable bonds is 2. The summed E-state index contributed by atoms with van der Waals surface area (Å²) in [6.45, 7) is 2.14. The Morgan fingerprint density at radius 2 is 1.94 bits per heavy atom. The molecule has 84 valence electrons. The van der Waals surface area contributed by atoms with E-state index in [4.69, 9.17) is 0 Å². The molecule has 1 unspecified atom stereocenters. The van der Waals surface area contributed by atoms with Gasteiger partial charge in [0.2, 0.25) is 0 Å². The molecule has 2 nitrogen and oxygen atoms in total. The van der Waals surface area contributed by atoms with Crippen LogP contribution in [0.3, 0.4) is 0 Å². The summed E-state index contributed by atoms with van der Waals surface area (Å²) in [5.74, 6) is 0.355. The number of ketones is 1. The first-order valence-corrected chi connectivity index (χ1v) is 5.71. The van der Waals surface area contributed by atoms with Crippen molar-refractivity contribution in [2.45, 2.75) is 38.0 Å². The zero-order valence-corrected chi connectivity index (χ0v) is 9.53. The van der Waals surface area contributed by atoms with E-state index in [1.165, 1.54) is 5.56 Å². The van der Waals surface area contributed by atoms with Crippen molar-refractivity contribution in [2.24, 2.45) is 0 Å². The highest BCUT2D eigenvalue weighted by molar-refractivity contribution is 5.81. The Kier molecular flexibility index (Phi) is 2.90. The van der Waals surface area contributed by atoms with Crippen LogP contribution in [0.2, 0.25) is 0 Å². The van der Waals surface area contributed by atoms with Gasteiger partial charge in [-0.2, -0.15) is 0 Å². The van der Waals surface area contributed by atoms with Gasteiger partial charge in [-0.05, 0) is 23.8 Å². The number of hydrogen-bond acceptors (Lipinski definition) is 2. The van der Waals surface area contributed by atoms with Gasteiger partial charge in [-0.15, -0.1) is 0 Å². The van der Waals surface area contributed by atoms with E-state index in [2.05, 4.69) is 6.92 Å². The van der Waals surface area contributed by atoms with Gasteiger partial charge >= 0.3 is 0 Å². The van der Waals surface area contributed by atoms with Crippen molar-refractivity contribution in [3.05, 3.63) is 35.4 Å². The first-order chi connectivity index (χ1) is 7.64. The summed E-state index contributed by atoms with van der Waals surface area (Å²) < 4.78 is 0. The third-order valence-electron chi connectivity index (χ3n) is 3.52. The molecule has 2 heteroatoms. The molecule has 1 aromatic carbocycles. The SMILES string of the molecule is CC1(c2ccc(C=O)cc2)CCCC(=O)C1. The summed E-state index contributed by atoms with van der Waals surface area (Å²) in [6, 6.07) is 7.60. The van der Waals surface area contributed by atoms with Gasteiger partial charge in [-0.25, -0.2) is 0 Å². The highest BCUT2D eigenvalue weighted by Crippen LogP contribution is 2.37. The van der Waals surface area contributed by atoms with E-state index in [1.54, 1.807) is 0 Å². The summed E-state index contributed by atoms with van der Waals surface area (Å²) in [7, 11) is 0. The van der Waals surface area contributed by atoms with Crippen LogP contribution in [0, 0.1) is 0 Å². The summed E-state index contributed by atoms with van der Waals surface area (Å²) in [6.07, 6.45) is 4.23. The number of carbonyl (C=O) groups excluding carboxylic acids is 2. The molecular formula is C14H16O2. The monoisotopic (exact) mass is 216 g/mol. The molecule has 16 heavy (non-hydrogen) atoms. The molecule has 1 saturated carbocycles. The van der Waals surface area contributed by atoms with Crippen LogP contribution < -0.4 is 0 Å². The van der Waals surface area contributed by atoms with Gasteiger partial charge in [0.1, 0.15) is 12.1 Å². The third kappa shape index (κ3) is 2.06. The van der Waals surface area contributed by atoms with Crippen LogP contribution in [0.25, 0.3) is 0 Å². The Morgan fingerprint density at radius 3 is 2.50 bits per heavy atom. The molecule has 1 aliphatic carbocycles. The fourth-order valence-electron chi connectivity index (χ4n) is 2.50. The topological polar surface area (TPSA) is 34.1 Å². The Hall–Kier alpha value is -1.44. The maximum Gasteiger partial charge on any atom is 0.150 e. The number of Topliss-reactive ketones (excluding diaryl/α,β-unsaturated/α-hetero) is 1. The smallest absolute Gasteiger partial charge is 0.150 e. The van der Waals surface area contributed by atoms with Crippen molar-refractivity contribution >= 4 is 12.1 Å². The maximum absolute atomic E-state index is 11.5.